The normalized spacial score (nSPS) is 23.8. The Morgan fingerprint density at radius 3 is 2.82 bits per heavy atom. The Balaban J connectivity index is 2.30. The van der Waals surface area contributed by atoms with Crippen LogP contribution in [0.3, 0.4) is 0 Å². The molecular formula is C13H19FN2O. The minimum atomic E-state index is -0.258. The van der Waals surface area contributed by atoms with Gasteiger partial charge in [0.1, 0.15) is 5.82 Å². The van der Waals surface area contributed by atoms with Crippen molar-refractivity contribution in [3.05, 3.63) is 24.0 Å². The van der Waals surface area contributed by atoms with E-state index in [-0.39, 0.29) is 17.5 Å². The minimum absolute atomic E-state index is 0.112. The van der Waals surface area contributed by atoms with Crippen molar-refractivity contribution in [2.24, 2.45) is 0 Å². The lowest BCUT2D eigenvalue weighted by Gasteiger charge is -2.43. The van der Waals surface area contributed by atoms with E-state index in [1.54, 1.807) is 6.07 Å². The lowest BCUT2D eigenvalue weighted by molar-refractivity contribution is -0.0749. The van der Waals surface area contributed by atoms with Crippen molar-refractivity contribution in [2.75, 3.05) is 23.7 Å². The zero-order valence-corrected chi connectivity index (χ0v) is 10.5. The molecule has 0 amide bonds. The molecule has 4 heteroatoms. The molecule has 2 rings (SSSR count). The van der Waals surface area contributed by atoms with Crippen LogP contribution in [0.25, 0.3) is 0 Å². The largest absolute Gasteiger partial charge is 0.397 e. The first-order chi connectivity index (χ1) is 7.87. The van der Waals surface area contributed by atoms with Crippen LogP contribution in [-0.4, -0.2) is 24.8 Å². The molecule has 0 saturated carbocycles. The molecule has 1 fully saturated rings. The smallest absolute Gasteiger partial charge is 0.125 e. The summed E-state index contributed by atoms with van der Waals surface area (Å²) in [6, 6.07) is 4.48. The van der Waals surface area contributed by atoms with Crippen LogP contribution in [0, 0.1) is 5.82 Å². The van der Waals surface area contributed by atoms with Crippen molar-refractivity contribution in [3.63, 3.8) is 0 Å². The third-order valence-electron chi connectivity index (χ3n) is 2.90. The van der Waals surface area contributed by atoms with E-state index in [1.165, 1.54) is 12.1 Å². The van der Waals surface area contributed by atoms with Gasteiger partial charge in [-0.25, -0.2) is 4.39 Å². The Morgan fingerprint density at radius 2 is 2.18 bits per heavy atom. The van der Waals surface area contributed by atoms with Crippen molar-refractivity contribution < 1.29 is 9.13 Å². The summed E-state index contributed by atoms with van der Waals surface area (Å²) in [7, 11) is 0. The van der Waals surface area contributed by atoms with E-state index >= 15 is 0 Å². The summed E-state index contributed by atoms with van der Waals surface area (Å²) in [5, 5.41) is 0. The molecule has 0 radical (unpaired) electrons. The highest BCUT2D eigenvalue weighted by Crippen LogP contribution is 2.30. The molecule has 1 aromatic rings. The van der Waals surface area contributed by atoms with Gasteiger partial charge < -0.3 is 15.4 Å². The van der Waals surface area contributed by atoms with Gasteiger partial charge in [0.15, 0.2) is 0 Å². The molecule has 0 bridgehead atoms. The van der Waals surface area contributed by atoms with Gasteiger partial charge in [-0.3, -0.25) is 0 Å². The number of benzene rings is 1. The van der Waals surface area contributed by atoms with Crippen LogP contribution in [0.2, 0.25) is 0 Å². The van der Waals surface area contributed by atoms with Gasteiger partial charge in [0.05, 0.1) is 23.1 Å². The van der Waals surface area contributed by atoms with Gasteiger partial charge in [0.2, 0.25) is 0 Å². The standard InChI is InChI=1S/C13H19FN2O/c1-9-7-16(8-13(2,3)17-9)12-6-10(14)4-5-11(12)15/h4-6,9H,7-8,15H2,1-3H3. The molecule has 0 spiro atoms. The number of morpholine rings is 1. The van der Waals surface area contributed by atoms with Crippen molar-refractivity contribution in [1.29, 1.82) is 0 Å². The molecule has 3 nitrogen and oxygen atoms in total. The van der Waals surface area contributed by atoms with Gasteiger partial charge in [-0.2, -0.15) is 0 Å². The highest BCUT2D eigenvalue weighted by atomic mass is 19.1. The SMILES string of the molecule is CC1CN(c2cc(F)ccc2N)CC(C)(C)O1. The van der Waals surface area contributed by atoms with Crippen LogP contribution in [-0.2, 0) is 4.74 Å². The molecule has 1 atom stereocenters. The molecule has 2 N–H and O–H groups in total. The molecule has 1 aromatic carbocycles. The first-order valence-electron chi connectivity index (χ1n) is 5.85. The topological polar surface area (TPSA) is 38.5 Å². The highest BCUT2D eigenvalue weighted by molar-refractivity contribution is 5.67. The van der Waals surface area contributed by atoms with Crippen molar-refractivity contribution in [2.45, 2.75) is 32.5 Å². The van der Waals surface area contributed by atoms with Crippen molar-refractivity contribution >= 4 is 11.4 Å². The van der Waals surface area contributed by atoms with E-state index in [0.29, 0.717) is 12.2 Å². The van der Waals surface area contributed by atoms with E-state index in [0.717, 1.165) is 12.2 Å². The Bertz CT molecular complexity index is 420. The first kappa shape index (κ1) is 12.2. The second kappa shape index (κ2) is 4.18. The molecule has 0 aliphatic carbocycles. The number of nitrogen functional groups attached to an aromatic ring is 1. The Kier molecular flexibility index (Phi) is 3.00. The Hall–Kier alpha value is -1.29. The van der Waals surface area contributed by atoms with Crippen LogP contribution in [0.1, 0.15) is 20.8 Å². The van der Waals surface area contributed by atoms with Crippen LogP contribution >= 0.6 is 0 Å². The molecule has 1 unspecified atom stereocenters. The monoisotopic (exact) mass is 238 g/mol. The van der Waals surface area contributed by atoms with E-state index in [4.69, 9.17) is 10.5 Å². The minimum Gasteiger partial charge on any atom is -0.397 e. The highest BCUT2D eigenvalue weighted by Gasteiger charge is 2.32. The molecular weight excluding hydrogens is 219 g/mol. The number of anilines is 2. The zero-order chi connectivity index (χ0) is 12.6. The van der Waals surface area contributed by atoms with Crippen LogP contribution < -0.4 is 10.6 Å². The molecule has 1 heterocycles. The first-order valence-corrected chi connectivity index (χ1v) is 5.85. The van der Waals surface area contributed by atoms with Crippen LogP contribution in [0.5, 0.6) is 0 Å². The van der Waals surface area contributed by atoms with Gasteiger partial charge in [0.25, 0.3) is 0 Å². The predicted octanol–water partition coefficient (Wildman–Crippen LogP) is 2.41. The molecule has 1 aliphatic heterocycles. The van der Waals surface area contributed by atoms with Crippen LogP contribution in [0.15, 0.2) is 18.2 Å². The van der Waals surface area contributed by atoms with Gasteiger partial charge in [-0.05, 0) is 39.0 Å². The summed E-state index contributed by atoms with van der Waals surface area (Å²) in [5.41, 5.74) is 7.03. The maximum absolute atomic E-state index is 13.3. The quantitative estimate of drug-likeness (QED) is 0.764. The van der Waals surface area contributed by atoms with E-state index in [1.807, 2.05) is 20.8 Å². The lowest BCUT2D eigenvalue weighted by atomic mass is 10.0. The summed E-state index contributed by atoms with van der Waals surface area (Å²) in [6.45, 7) is 7.53. The average molecular weight is 238 g/mol. The van der Waals surface area contributed by atoms with E-state index < -0.39 is 0 Å². The zero-order valence-electron chi connectivity index (χ0n) is 10.5. The third-order valence-corrected chi connectivity index (χ3v) is 2.90. The maximum Gasteiger partial charge on any atom is 0.125 e. The molecule has 94 valence electrons. The number of nitrogens with two attached hydrogens (primary N) is 1. The summed E-state index contributed by atoms with van der Waals surface area (Å²) in [5.74, 6) is -0.258. The summed E-state index contributed by atoms with van der Waals surface area (Å²) in [6.07, 6.45) is 0.112. The third kappa shape index (κ3) is 2.69. The maximum atomic E-state index is 13.3. The number of ether oxygens (including phenoxy) is 1. The molecule has 1 saturated heterocycles. The van der Waals surface area contributed by atoms with Gasteiger partial charge >= 0.3 is 0 Å². The number of rotatable bonds is 1. The summed E-state index contributed by atoms with van der Waals surface area (Å²) < 4.78 is 19.1. The average Bonchev–Trinajstić information content (AvgIpc) is 2.18. The second-order valence-corrected chi connectivity index (χ2v) is 5.27. The fourth-order valence-electron chi connectivity index (χ4n) is 2.43. The van der Waals surface area contributed by atoms with E-state index in [9.17, 15) is 4.39 Å². The van der Waals surface area contributed by atoms with Gasteiger partial charge in [-0.15, -0.1) is 0 Å². The lowest BCUT2D eigenvalue weighted by Crippen LogP contribution is -2.52. The van der Waals surface area contributed by atoms with Crippen molar-refractivity contribution in [3.8, 4) is 0 Å². The predicted molar refractivity (Wildman–Crippen MR) is 67.7 cm³/mol. The van der Waals surface area contributed by atoms with Gasteiger partial charge in [-0.1, -0.05) is 0 Å². The fraction of sp³-hybridized carbons (Fsp3) is 0.538. The molecule has 17 heavy (non-hydrogen) atoms. The van der Waals surface area contributed by atoms with E-state index in [2.05, 4.69) is 4.90 Å². The second-order valence-electron chi connectivity index (χ2n) is 5.27. The number of halogens is 1. The number of hydrogen-bond donors (Lipinski definition) is 1. The number of nitrogens with zero attached hydrogens (tertiary/aromatic N) is 1. The fourth-order valence-corrected chi connectivity index (χ4v) is 2.43. The Morgan fingerprint density at radius 1 is 1.47 bits per heavy atom. The molecule has 0 aromatic heterocycles. The van der Waals surface area contributed by atoms with Gasteiger partial charge in [0, 0.05) is 13.1 Å². The summed E-state index contributed by atoms with van der Waals surface area (Å²) >= 11 is 0. The summed E-state index contributed by atoms with van der Waals surface area (Å²) in [4.78, 5) is 2.09. The van der Waals surface area contributed by atoms with Crippen molar-refractivity contribution in [1.82, 2.24) is 0 Å². The van der Waals surface area contributed by atoms with Crippen LogP contribution in [0.4, 0.5) is 15.8 Å². The molecule has 1 aliphatic rings. The number of hydrogen-bond acceptors (Lipinski definition) is 3. The Labute approximate surface area is 101 Å².